The quantitative estimate of drug-likeness (QED) is 0.671. The molecule has 136 valence electrons. The van der Waals surface area contributed by atoms with Crippen LogP contribution in [0.25, 0.3) is 0 Å². The summed E-state index contributed by atoms with van der Waals surface area (Å²) in [5.74, 6) is -0.286. The average molecular weight is 336 g/mol. The van der Waals surface area contributed by atoms with Crippen LogP contribution in [-0.4, -0.2) is 34.0 Å². The van der Waals surface area contributed by atoms with Crippen LogP contribution < -0.4 is 0 Å². The van der Waals surface area contributed by atoms with Gasteiger partial charge in [-0.15, -0.1) is 0 Å². The average Bonchev–Trinajstić information content (AvgIpc) is 2.52. The van der Waals surface area contributed by atoms with Gasteiger partial charge in [0.2, 0.25) is 0 Å². The van der Waals surface area contributed by atoms with Crippen molar-refractivity contribution in [1.82, 2.24) is 0 Å². The van der Waals surface area contributed by atoms with Crippen LogP contribution in [0.5, 0.6) is 0 Å². The van der Waals surface area contributed by atoms with Crippen LogP contribution in [0.2, 0.25) is 0 Å². The number of hydrogen-bond donors (Lipinski definition) is 3. The Balaban J connectivity index is 2.30. The van der Waals surface area contributed by atoms with Crippen LogP contribution in [0.15, 0.2) is 23.8 Å². The molecule has 0 aliphatic heterocycles. The smallest absolute Gasteiger partial charge is 0.309 e. The number of carboxylic acids is 1. The number of carbonyl (C=O) groups is 1. The first-order chi connectivity index (χ1) is 11.2. The molecule has 5 atom stereocenters. The first-order valence-corrected chi connectivity index (χ1v) is 9.03. The van der Waals surface area contributed by atoms with Crippen LogP contribution in [0.1, 0.15) is 59.3 Å². The number of hydrogen-bond acceptors (Lipinski definition) is 3. The van der Waals surface area contributed by atoms with E-state index in [4.69, 9.17) is 5.11 Å². The van der Waals surface area contributed by atoms with Gasteiger partial charge in [-0.1, -0.05) is 31.6 Å². The molecule has 0 heterocycles. The van der Waals surface area contributed by atoms with Crippen molar-refractivity contribution in [2.24, 2.45) is 22.7 Å². The number of allylic oxidation sites excluding steroid dienone is 2. The predicted octanol–water partition coefficient (Wildman–Crippen LogP) is 3.54. The van der Waals surface area contributed by atoms with Gasteiger partial charge in [0, 0.05) is 0 Å². The van der Waals surface area contributed by atoms with Crippen molar-refractivity contribution < 1.29 is 20.1 Å². The Kier molecular flexibility index (Phi) is 5.61. The SMILES string of the molecule is C=C1CC[C@@H]2[C@](C)(CCC[C@]2(C)C(=O)O)[C@H]1C/C=C(/C)[C@H](O)CO. The van der Waals surface area contributed by atoms with Crippen molar-refractivity contribution in [2.45, 2.75) is 65.4 Å². The summed E-state index contributed by atoms with van der Waals surface area (Å²) in [7, 11) is 0. The van der Waals surface area contributed by atoms with E-state index in [1.54, 1.807) is 0 Å². The van der Waals surface area contributed by atoms with Crippen molar-refractivity contribution in [3.63, 3.8) is 0 Å². The summed E-state index contributed by atoms with van der Waals surface area (Å²) in [6.45, 7) is 9.98. The number of aliphatic hydroxyl groups is 2. The van der Waals surface area contributed by atoms with E-state index in [-0.39, 0.29) is 23.9 Å². The fourth-order valence-electron chi connectivity index (χ4n) is 5.22. The van der Waals surface area contributed by atoms with E-state index in [2.05, 4.69) is 13.5 Å². The van der Waals surface area contributed by atoms with Gasteiger partial charge >= 0.3 is 5.97 Å². The maximum atomic E-state index is 12.0. The fourth-order valence-corrected chi connectivity index (χ4v) is 5.22. The lowest BCUT2D eigenvalue weighted by atomic mass is 9.46. The number of carboxylic acid groups (broad SMARTS) is 1. The minimum Gasteiger partial charge on any atom is -0.481 e. The molecular formula is C20H32O4. The Morgan fingerprint density at radius 1 is 1.42 bits per heavy atom. The van der Waals surface area contributed by atoms with Gasteiger partial charge in [-0.05, 0) is 68.8 Å². The van der Waals surface area contributed by atoms with Gasteiger partial charge in [-0.3, -0.25) is 4.79 Å². The molecule has 0 aromatic carbocycles. The fraction of sp³-hybridized carbons (Fsp3) is 0.750. The molecule has 0 unspecified atom stereocenters. The zero-order chi connectivity index (χ0) is 18.1. The normalized spacial score (nSPS) is 38.5. The van der Waals surface area contributed by atoms with Crippen LogP contribution in [0.3, 0.4) is 0 Å². The maximum absolute atomic E-state index is 12.0. The number of aliphatic hydroxyl groups excluding tert-OH is 2. The van der Waals surface area contributed by atoms with Crippen LogP contribution >= 0.6 is 0 Å². The number of rotatable bonds is 5. The molecule has 0 aromatic heterocycles. The second kappa shape index (κ2) is 7.01. The molecule has 0 spiro atoms. The van der Waals surface area contributed by atoms with Gasteiger partial charge < -0.3 is 15.3 Å². The molecule has 2 aliphatic rings. The highest BCUT2D eigenvalue weighted by atomic mass is 16.4. The number of fused-ring (bicyclic) bond motifs is 1. The van der Waals surface area contributed by atoms with E-state index in [0.29, 0.717) is 0 Å². The predicted molar refractivity (Wildman–Crippen MR) is 94.5 cm³/mol. The topological polar surface area (TPSA) is 77.8 Å². The lowest BCUT2D eigenvalue weighted by Crippen LogP contribution is -2.53. The molecule has 2 aliphatic carbocycles. The zero-order valence-corrected chi connectivity index (χ0v) is 15.2. The van der Waals surface area contributed by atoms with Crippen LogP contribution in [0, 0.1) is 22.7 Å². The Labute approximate surface area is 145 Å². The lowest BCUT2D eigenvalue weighted by Gasteiger charge is -2.57. The van der Waals surface area contributed by atoms with E-state index in [0.717, 1.165) is 44.1 Å². The molecule has 0 bridgehead atoms. The molecule has 2 saturated carbocycles. The largest absolute Gasteiger partial charge is 0.481 e. The molecule has 0 saturated heterocycles. The standard InChI is InChI=1S/C20H32O4/c1-13-7-9-17-19(3,10-5-11-20(17,4)18(23)24)15(13)8-6-14(2)16(22)12-21/h6,15-17,21-22H,1,5,7-12H2,2-4H3,(H,23,24)/b14-6-/t15-,16+,17+,19+,20-/m0/s1. The summed E-state index contributed by atoms with van der Waals surface area (Å²) in [4.78, 5) is 12.0. The first kappa shape index (κ1) is 19.2. The van der Waals surface area contributed by atoms with Gasteiger partial charge in [-0.25, -0.2) is 0 Å². The molecule has 4 heteroatoms. The highest BCUT2D eigenvalue weighted by molar-refractivity contribution is 5.75. The number of aliphatic carboxylic acids is 1. The molecule has 0 aromatic rings. The summed E-state index contributed by atoms with van der Waals surface area (Å²) in [5, 5.41) is 28.7. The van der Waals surface area contributed by atoms with Crippen molar-refractivity contribution >= 4 is 5.97 Å². The maximum Gasteiger partial charge on any atom is 0.309 e. The van der Waals surface area contributed by atoms with E-state index in [9.17, 15) is 15.0 Å². The second-order valence-electron chi connectivity index (χ2n) is 8.27. The monoisotopic (exact) mass is 336 g/mol. The Bertz CT molecular complexity index is 538. The summed E-state index contributed by atoms with van der Waals surface area (Å²) < 4.78 is 0. The molecule has 3 N–H and O–H groups in total. The molecule has 4 nitrogen and oxygen atoms in total. The summed E-state index contributed by atoms with van der Waals surface area (Å²) >= 11 is 0. The van der Waals surface area contributed by atoms with E-state index < -0.39 is 17.5 Å². The van der Waals surface area contributed by atoms with E-state index in [1.165, 1.54) is 5.57 Å². The molecule has 2 fully saturated rings. The highest BCUT2D eigenvalue weighted by Gasteiger charge is 2.57. The minimum absolute atomic E-state index is 0.0678. The Morgan fingerprint density at radius 2 is 2.08 bits per heavy atom. The van der Waals surface area contributed by atoms with Gasteiger partial charge in [0.1, 0.15) is 0 Å². The minimum atomic E-state index is -0.818. The molecular weight excluding hydrogens is 304 g/mol. The lowest BCUT2D eigenvalue weighted by molar-refractivity contribution is -0.164. The van der Waals surface area contributed by atoms with Crippen molar-refractivity contribution in [2.75, 3.05) is 6.61 Å². The summed E-state index contributed by atoms with van der Waals surface area (Å²) in [6, 6.07) is 0. The third-order valence-electron chi connectivity index (χ3n) is 6.88. The van der Waals surface area contributed by atoms with Crippen molar-refractivity contribution in [3.8, 4) is 0 Å². The van der Waals surface area contributed by atoms with E-state index >= 15 is 0 Å². The molecule has 0 amide bonds. The Hall–Kier alpha value is -1.13. The van der Waals surface area contributed by atoms with Crippen LogP contribution in [0.4, 0.5) is 0 Å². The van der Waals surface area contributed by atoms with Crippen molar-refractivity contribution in [1.29, 1.82) is 0 Å². The Morgan fingerprint density at radius 3 is 2.67 bits per heavy atom. The third kappa shape index (κ3) is 3.18. The van der Waals surface area contributed by atoms with Crippen molar-refractivity contribution in [3.05, 3.63) is 23.8 Å². The van der Waals surface area contributed by atoms with Crippen LogP contribution in [-0.2, 0) is 4.79 Å². The highest BCUT2D eigenvalue weighted by Crippen LogP contribution is 2.61. The van der Waals surface area contributed by atoms with Gasteiger partial charge in [0.15, 0.2) is 0 Å². The van der Waals surface area contributed by atoms with Gasteiger partial charge in [0.05, 0.1) is 18.1 Å². The second-order valence-corrected chi connectivity index (χ2v) is 8.27. The van der Waals surface area contributed by atoms with E-state index in [1.807, 2.05) is 19.9 Å². The summed E-state index contributed by atoms with van der Waals surface area (Å²) in [5.41, 5.74) is 1.25. The molecule has 0 radical (unpaired) electrons. The molecule has 2 rings (SSSR count). The molecule has 24 heavy (non-hydrogen) atoms. The third-order valence-corrected chi connectivity index (χ3v) is 6.88. The summed E-state index contributed by atoms with van der Waals surface area (Å²) in [6.07, 6.45) is 6.42. The van der Waals surface area contributed by atoms with Gasteiger partial charge in [-0.2, -0.15) is 0 Å². The first-order valence-electron chi connectivity index (χ1n) is 9.03. The zero-order valence-electron chi connectivity index (χ0n) is 15.2. The van der Waals surface area contributed by atoms with Gasteiger partial charge in [0.25, 0.3) is 0 Å².